The van der Waals surface area contributed by atoms with Gasteiger partial charge in [-0.05, 0) is 42.3 Å². The number of nitrogens with one attached hydrogen (secondary N) is 2. The Balaban J connectivity index is 1.85. The standard InChI is InChI=1S/C21H15N3O/c1-13-18(10-17(12-22)21(25)23-13)15-7-8-19-16(9-15)11-20(24-19)14-5-3-2-4-6-14/h2-11,24H,1H3,(H,23,25). The summed E-state index contributed by atoms with van der Waals surface area (Å²) in [6.45, 7) is 1.84. The second kappa shape index (κ2) is 5.81. The number of hydrogen-bond acceptors (Lipinski definition) is 2. The Kier molecular flexibility index (Phi) is 3.48. The maximum absolute atomic E-state index is 11.7. The van der Waals surface area contributed by atoms with Gasteiger partial charge in [0.1, 0.15) is 11.6 Å². The molecule has 0 aliphatic rings. The molecule has 0 bridgehead atoms. The molecule has 120 valence electrons. The summed E-state index contributed by atoms with van der Waals surface area (Å²) < 4.78 is 0. The fraction of sp³-hybridized carbons (Fsp3) is 0.0476. The second-order valence-corrected chi connectivity index (χ2v) is 6.01. The van der Waals surface area contributed by atoms with Gasteiger partial charge in [-0.2, -0.15) is 5.26 Å². The van der Waals surface area contributed by atoms with Crippen LogP contribution in [0.1, 0.15) is 11.3 Å². The smallest absolute Gasteiger partial charge is 0.266 e. The highest BCUT2D eigenvalue weighted by molar-refractivity contribution is 5.90. The lowest BCUT2D eigenvalue weighted by atomic mass is 10.0. The Morgan fingerprint density at radius 1 is 0.920 bits per heavy atom. The zero-order chi connectivity index (χ0) is 17.4. The first-order chi connectivity index (χ1) is 12.2. The van der Waals surface area contributed by atoms with Crippen LogP contribution in [0.3, 0.4) is 0 Å². The maximum Gasteiger partial charge on any atom is 0.266 e. The zero-order valence-electron chi connectivity index (χ0n) is 13.6. The van der Waals surface area contributed by atoms with Gasteiger partial charge in [-0.1, -0.05) is 36.4 Å². The number of pyridine rings is 1. The zero-order valence-corrected chi connectivity index (χ0v) is 13.6. The third-order valence-corrected chi connectivity index (χ3v) is 4.38. The van der Waals surface area contributed by atoms with Crippen molar-refractivity contribution in [3.63, 3.8) is 0 Å². The van der Waals surface area contributed by atoms with Gasteiger partial charge < -0.3 is 9.97 Å². The van der Waals surface area contributed by atoms with Crippen molar-refractivity contribution >= 4 is 10.9 Å². The van der Waals surface area contributed by atoms with E-state index < -0.39 is 0 Å². The van der Waals surface area contributed by atoms with E-state index in [-0.39, 0.29) is 11.1 Å². The van der Waals surface area contributed by atoms with Crippen molar-refractivity contribution in [1.82, 2.24) is 9.97 Å². The van der Waals surface area contributed by atoms with Crippen LogP contribution in [0, 0.1) is 18.3 Å². The molecule has 0 aliphatic heterocycles. The Morgan fingerprint density at radius 3 is 2.48 bits per heavy atom. The number of rotatable bonds is 2. The molecule has 4 aromatic rings. The lowest BCUT2D eigenvalue weighted by molar-refractivity contribution is 1.13. The van der Waals surface area contributed by atoms with Crippen LogP contribution in [0.5, 0.6) is 0 Å². The Morgan fingerprint density at radius 2 is 1.72 bits per heavy atom. The molecule has 0 aliphatic carbocycles. The van der Waals surface area contributed by atoms with Crippen LogP contribution in [0.25, 0.3) is 33.3 Å². The van der Waals surface area contributed by atoms with E-state index in [4.69, 9.17) is 5.26 Å². The first-order valence-electron chi connectivity index (χ1n) is 7.98. The highest BCUT2D eigenvalue weighted by atomic mass is 16.1. The van der Waals surface area contributed by atoms with E-state index in [0.29, 0.717) is 0 Å². The van der Waals surface area contributed by atoms with Crippen LogP contribution in [-0.2, 0) is 0 Å². The van der Waals surface area contributed by atoms with Crippen LogP contribution in [0.15, 0.2) is 65.5 Å². The van der Waals surface area contributed by atoms with Crippen LogP contribution in [0.2, 0.25) is 0 Å². The Bertz CT molecular complexity index is 1180. The summed E-state index contributed by atoms with van der Waals surface area (Å²) >= 11 is 0. The fourth-order valence-corrected chi connectivity index (χ4v) is 3.08. The molecule has 0 radical (unpaired) electrons. The number of aromatic nitrogens is 2. The minimum absolute atomic E-state index is 0.125. The predicted molar refractivity (Wildman–Crippen MR) is 99.2 cm³/mol. The first kappa shape index (κ1) is 15.0. The Labute approximate surface area is 144 Å². The van der Waals surface area contributed by atoms with E-state index in [0.717, 1.165) is 39.0 Å². The molecule has 2 heterocycles. The molecule has 0 saturated carbocycles. The van der Waals surface area contributed by atoms with Crippen LogP contribution < -0.4 is 5.56 Å². The quantitative estimate of drug-likeness (QED) is 0.574. The molecule has 4 rings (SSSR count). The maximum atomic E-state index is 11.7. The van der Waals surface area contributed by atoms with Gasteiger partial charge in [-0.25, -0.2) is 0 Å². The van der Waals surface area contributed by atoms with Gasteiger partial charge >= 0.3 is 0 Å². The number of H-pyrrole nitrogens is 2. The van der Waals surface area contributed by atoms with Crippen molar-refractivity contribution in [1.29, 1.82) is 5.26 Å². The van der Waals surface area contributed by atoms with E-state index in [1.54, 1.807) is 6.07 Å². The van der Waals surface area contributed by atoms with Crippen LogP contribution in [-0.4, -0.2) is 9.97 Å². The van der Waals surface area contributed by atoms with E-state index in [2.05, 4.69) is 34.2 Å². The topological polar surface area (TPSA) is 72.4 Å². The van der Waals surface area contributed by atoms with Crippen molar-refractivity contribution in [2.45, 2.75) is 6.92 Å². The molecule has 25 heavy (non-hydrogen) atoms. The molecule has 2 N–H and O–H groups in total. The molecule has 0 saturated heterocycles. The lowest BCUT2D eigenvalue weighted by Gasteiger charge is -2.06. The highest BCUT2D eigenvalue weighted by Gasteiger charge is 2.10. The van der Waals surface area contributed by atoms with Gasteiger partial charge in [0, 0.05) is 27.9 Å². The molecule has 2 aromatic carbocycles. The fourth-order valence-electron chi connectivity index (χ4n) is 3.08. The number of nitrogens with zero attached hydrogens (tertiary/aromatic N) is 1. The summed E-state index contributed by atoms with van der Waals surface area (Å²) in [7, 11) is 0. The van der Waals surface area contributed by atoms with Gasteiger partial charge in [0.25, 0.3) is 5.56 Å². The molecular weight excluding hydrogens is 310 g/mol. The van der Waals surface area contributed by atoms with E-state index >= 15 is 0 Å². The monoisotopic (exact) mass is 325 g/mol. The number of aromatic amines is 2. The van der Waals surface area contributed by atoms with Gasteiger partial charge in [0.05, 0.1) is 0 Å². The molecule has 0 atom stereocenters. The molecule has 0 fully saturated rings. The van der Waals surface area contributed by atoms with Crippen molar-refractivity contribution < 1.29 is 0 Å². The van der Waals surface area contributed by atoms with Crippen molar-refractivity contribution in [3.8, 4) is 28.5 Å². The number of benzene rings is 2. The summed E-state index contributed by atoms with van der Waals surface area (Å²) in [5.41, 5.74) is 5.60. The van der Waals surface area contributed by atoms with Gasteiger partial charge in [0.15, 0.2) is 0 Å². The molecule has 4 nitrogen and oxygen atoms in total. The minimum Gasteiger partial charge on any atom is -0.355 e. The van der Waals surface area contributed by atoms with Crippen molar-refractivity contribution in [2.75, 3.05) is 0 Å². The summed E-state index contributed by atoms with van der Waals surface area (Å²) in [6.07, 6.45) is 0. The molecule has 0 unspecified atom stereocenters. The van der Waals surface area contributed by atoms with E-state index in [9.17, 15) is 4.79 Å². The normalized spacial score (nSPS) is 10.7. The second-order valence-electron chi connectivity index (χ2n) is 6.01. The highest BCUT2D eigenvalue weighted by Crippen LogP contribution is 2.29. The van der Waals surface area contributed by atoms with Gasteiger partial charge in [-0.3, -0.25) is 4.79 Å². The number of aryl methyl sites for hydroxylation is 1. The Hall–Kier alpha value is -3.58. The summed E-state index contributed by atoms with van der Waals surface area (Å²) in [4.78, 5) is 17.9. The number of hydrogen-bond donors (Lipinski definition) is 2. The molecule has 0 amide bonds. The third-order valence-electron chi connectivity index (χ3n) is 4.38. The number of fused-ring (bicyclic) bond motifs is 1. The summed E-state index contributed by atoms with van der Waals surface area (Å²) in [6, 6.07) is 22.0. The lowest BCUT2D eigenvalue weighted by Crippen LogP contribution is -2.11. The van der Waals surface area contributed by atoms with Crippen LogP contribution >= 0.6 is 0 Å². The van der Waals surface area contributed by atoms with Gasteiger partial charge in [0.2, 0.25) is 0 Å². The number of nitriles is 1. The molecule has 0 spiro atoms. The van der Waals surface area contributed by atoms with Gasteiger partial charge in [-0.15, -0.1) is 0 Å². The molecule has 2 aromatic heterocycles. The predicted octanol–water partition coefficient (Wildman–Crippen LogP) is 4.37. The van der Waals surface area contributed by atoms with E-state index in [1.165, 1.54) is 0 Å². The average molecular weight is 325 g/mol. The van der Waals surface area contributed by atoms with Crippen LogP contribution in [0.4, 0.5) is 0 Å². The first-order valence-corrected chi connectivity index (χ1v) is 7.98. The average Bonchev–Trinajstić information content (AvgIpc) is 3.06. The van der Waals surface area contributed by atoms with E-state index in [1.807, 2.05) is 43.3 Å². The minimum atomic E-state index is -0.349. The summed E-state index contributed by atoms with van der Waals surface area (Å²) in [5.74, 6) is 0. The molecule has 4 heteroatoms. The van der Waals surface area contributed by atoms with Crippen molar-refractivity contribution in [2.24, 2.45) is 0 Å². The van der Waals surface area contributed by atoms with Crippen molar-refractivity contribution in [3.05, 3.63) is 82.3 Å². The molecular formula is C21H15N3O. The summed E-state index contributed by atoms with van der Waals surface area (Å²) in [5, 5.41) is 10.2. The third kappa shape index (κ3) is 2.62. The SMILES string of the molecule is Cc1[nH]c(=O)c(C#N)cc1-c1ccc2[nH]c(-c3ccccc3)cc2c1. The largest absolute Gasteiger partial charge is 0.355 e.